The first-order chi connectivity index (χ1) is 6.09. The van der Waals surface area contributed by atoms with Crippen molar-refractivity contribution in [2.24, 2.45) is 0 Å². The van der Waals surface area contributed by atoms with Crippen molar-refractivity contribution in [2.45, 2.75) is 13.3 Å². The average Bonchev–Trinajstić information content (AvgIpc) is 2.08. The Hall–Kier alpha value is -1.71. The van der Waals surface area contributed by atoms with Crippen molar-refractivity contribution in [1.82, 2.24) is 4.98 Å². The maximum absolute atomic E-state index is 10.8. The number of hydrogen-bond acceptors (Lipinski definition) is 3. The van der Waals surface area contributed by atoms with Gasteiger partial charge in [0.15, 0.2) is 0 Å². The number of aliphatic carboxylic acids is 1. The minimum absolute atomic E-state index is 0.143. The van der Waals surface area contributed by atoms with Crippen molar-refractivity contribution in [3.63, 3.8) is 0 Å². The molecule has 1 heterocycles. The van der Waals surface area contributed by atoms with Crippen LogP contribution in [-0.2, 0) is 16.0 Å². The normalized spacial score (nSPS) is 9.62. The molecule has 0 fully saturated rings. The summed E-state index contributed by atoms with van der Waals surface area (Å²) in [6.45, 7) is 1.87. The molecule has 1 rings (SSSR count). The van der Waals surface area contributed by atoms with Crippen LogP contribution < -0.4 is 0 Å². The molecule has 0 saturated carbocycles. The molecule has 1 N–H and O–H groups in total. The lowest BCUT2D eigenvalue weighted by atomic mass is 10.2. The predicted molar refractivity (Wildman–Crippen MR) is 45.3 cm³/mol. The van der Waals surface area contributed by atoms with E-state index in [9.17, 15) is 9.59 Å². The number of carboxylic acid groups (broad SMARTS) is 1. The van der Waals surface area contributed by atoms with Crippen LogP contribution in [0.4, 0.5) is 0 Å². The second-order valence-corrected chi connectivity index (χ2v) is 2.73. The third kappa shape index (κ3) is 2.66. The van der Waals surface area contributed by atoms with Crippen LogP contribution in [0.5, 0.6) is 0 Å². The highest BCUT2D eigenvalue weighted by Gasteiger charge is 2.12. The molecule has 13 heavy (non-hydrogen) atoms. The number of rotatable bonds is 3. The lowest BCUT2D eigenvalue weighted by molar-refractivity contribution is -0.148. The van der Waals surface area contributed by atoms with Crippen molar-refractivity contribution < 1.29 is 14.7 Å². The SMILES string of the molecule is Cc1ccc(CC(=O)C(=O)O)nc1. The average molecular weight is 179 g/mol. The van der Waals surface area contributed by atoms with Gasteiger partial charge in [0, 0.05) is 11.9 Å². The van der Waals surface area contributed by atoms with Crippen molar-refractivity contribution in [3.8, 4) is 0 Å². The Labute approximate surface area is 75.2 Å². The number of carboxylic acids is 1. The Balaban J connectivity index is 2.70. The molecule has 0 bridgehead atoms. The molecule has 0 aliphatic rings. The minimum Gasteiger partial charge on any atom is -0.475 e. The highest BCUT2D eigenvalue weighted by Crippen LogP contribution is 1.99. The van der Waals surface area contributed by atoms with Gasteiger partial charge >= 0.3 is 5.97 Å². The highest BCUT2D eigenvalue weighted by molar-refractivity contribution is 6.33. The molecule has 1 aromatic heterocycles. The lowest BCUT2D eigenvalue weighted by Gasteiger charge is -1.96. The fourth-order valence-corrected chi connectivity index (χ4v) is 0.843. The number of Topliss-reactive ketones (excluding diaryl/α,β-unsaturated/α-hetero) is 1. The van der Waals surface area contributed by atoms with E-state index in [1.807, 2.05) is 6.92 Å². The first-order valence-electron chi connectivity index (χ1n) is 3.77. The number of pyridine rings is 1. The molecule has 1 aromatic rings. The number of nitrogens with zero attached hydrogens (tertiary/aromatic N) is 1. The smallest absolute Gasteiger partial charge is 0.372 e. The number of aromatic nitrogens is 1. The van der Waals surface area contributed by atoms with Gasteiger partial charge in [-0.25, -0.2) is 4.79 Å². The number of ketones is 1. The lowest BCUT2D eigenvalue weighted by Crippen LogP contribution is -2.15. The molecule has 0 atom stereocenters. The molecule has 0 unspecified atom stereocenters. The first-order valence-corrected chi connectivity index (χ1v) is 3.77. The monoisotopic (exact) mass is 179 g/mol. The standard InChI is InChI=1S/C9H9NO3/c1-6-2-3-7(10-5-6)4-8(11)9(12)13/h2-3,5H,4H2,1H3,(H,12,13). The van der Waals surface area contributed by atoms with Crippen molar-refractivity contribution in [3.05, 3.63) is 29.6 Å². The summed E-state index contributed by atoms with van der Waals surface area (Å²) in [6.07, 6.45) is 1.46. The van der Waals surface area contributed by atoms with Gasteiger partial charge in [-0.05, 0) is 18.6 Å². The number of aryl methyl sites for hydroxylation is 1. The maximum Gasteiger partial charge on any atom is 0.372 e. The van der Waals surface area contributed by atoms with E-state index in [4.69, 9.17) is 5.11 Å². The van der Waals surface area contributed by atoms with Crippen LogP contribution in [0.15, 0.2) is 18.3 Å². The van der Waals surface area contributed by atoms with Crippen LogP contribution in [-0.4, -0.2) is 21.8 Å². The van der Waals surface area contributed by atoms with E-state index in [1.54, 1.807) is 18.3 Å². The van der Waals surface area contributed by atoms with E-state index < -0.39 is 11.8 Å². The zero-order valence-corrected chi connectivity index (χ0v) is 7.15. The summed E-state index contributed by atoms with van der Waals surface area (Å²) in [5.74, 6) is -2.25. The third-order valence-corrected chi connectivity index (χ3v) is 1.55. The van der Waals surface area contributed by atoms with Crippen LogP contribution >= 0.6 is 0 Å². The molecule has 0 spiro atoms. The van der Waals surface area contributed by atoms with E-state index in [-0.39, 0.29) is 6.42 Å². The molecular formula is C9H9NO3. The van der Waals surface area contributed by atoms with Gasteiger partial charge in [0.2, 0.25) is 5.78 Å². The molecule has 0 saturated heterocycles. The first kappa shape index (κ1) is 9.38. The van der Waals surface area contributed by atoms with Crippen molar-refractivity contribution in [1.29, 1.82) is 0 Å². The van der Waals surface area contributed by atoms with E-state index in [0.717, 1.165) is 5.56 Å². The quantitative estimate of drug-likeness (QED) is 0.689. The number of carbonyl (C=O) groups excluding carboxylic acids is 1. The summed E-state index contributed by atoms with van der Waals surface area (Å²) >= 11 is 0. The summed E-state index contributed by atoms with van der Waals surface area (Å²) in [7, 11) is 0. The molecule has 0 radical (unpaired) electrons. The van der Waals surface area contributed by atoms with E-state index in [1.165, 1.54) is 0 Å². The third-order valence-electron chi connectivity index (χ3n) is 1.55. The van der Waals surface area contributed by atoms with Gasteiger partial charge < -0.3 is 5.11 Å². The van der Waals surface area contributed by atoms with Crippen LogP contribution in [0.2, 0.25) is 0 Å². The van der Waals surface area contributed by atoms with Gasteiger partial charge in [0.05, 0.1) is 6.42 Å². The van der Waals surface area contributed by atoms with Crippen molar-refractivity contribution >= 4 is 11.8 Å². The van der Waals surface area contributed by atoms with Crippen LogP contribution in [0, 0.1) is 6.92 Å². The summed E-state index contributed by atoms with van der Waals surface area (Å²) in [5.41, 5.74) is 1.46. The second-order valence-electron chi connectivity index (χ2n) is 2.73. The Morgan fingerprint density at radius 3 is 2.62 bits per heavy atom. The van der Waals surface area contributed by atoms with Gasteiger partial charge in [0.25, 0.3) is 0 Å². The molecule has 0 aliphatic carbocycles. The molecule has 4 nitrogen and oxygen atoms in total. The zero-order valence-electron chi connectivity index (χ0n) is 7.15. The van der Waals surface area contributed by atoms with E-state index in [0.29, 0.717) is 5.69 Å². The highest BCUT2D eigenvalue weighted by atomic mass is 16.4. The molecule has 68 valence electrons. The molecule has 0 aromatic carbocycles. The Kier molecular flexibility index (Phi) is 2.74. The van der Waals surface area contributed by atoms with Crippen LogP contribution in [0.3, 0.4) is 0 Å². The second kappa shape index (κ2) is 3.80. The largest absolute Gasteiger partial charge is 0.475 e. The summed E-state index contributed by atoms with van der Waals surface area (Å²) < 4.78 is 0. The Morgan fingerprint density at radius 1 is 1.46 bits per heavy atom. The summed E-state index contributed by atoms with van der Waals surface area (Å²) in [5, 5.41) is 8.32. The molecule has 4 heteroatoms. The summed E-state index contributed by atoms with van der Waals surface area (Å²) in [6, 6.07) is 3.44. The predicted octanol–water partition coefficient (Wildman–Crippen LogP) is 0.586. The van der Waals surface area contributed by atoms with Gasteiger partial charge in [-0.2, -0.15) is 0 Å². The number of hydrogen-bond donors (Lipinski definition) is 1. The topological polar surface area (TPSA) is 67.3 Å². The van der Waals surface area contributed by atoms with Crippen LogP contribution in [0.1, 0.15) is 11.3 Å². The molecular weight excluding hydrogens is 170 g/mol. The van der Waals surface area contributed by atoms with Gasteiger partial charge in [-0.1, -0.05) is 6.07 Å². The molecule has 0 aliphatic heterocycles. The minimum atomic E-state index is -1.41. The van der Waals surface area contributed by atoms with Gasteiger partial charge in [-0.15, -0.1) is 0 Å². The van der Waals surface area contributed by atoms with E-state index in [2.05, 4.69) is 4.98 Å². The van der Waals surface area contributed by atoms with Gasteiger partial charge in [-0.3, -0.25) is 9.78 Å². The Bertz CT molecular complexity index is 329. The Morgan fingerprint density at radius 2 is 2.15 bits per heavy atom. The zero-order chi connectivity index (χ0) is 9.84. The fraction of sp³-hybridized carbons (Fsp3) is 0.222. The van der Waals surface area contributed by atoms with E-state index >= 15 is 0 Å². The van der Waals surface area contributed by atoms with Gasteiger partial charge in [0.1, 0.15) is 0 Å². The summed E-state index contributed by atoms with van der Waals surface area (Å²) in [4.78, 5) is 24.9. The molecule has 0 amide bonds. The number of carbonyl (C=O) groups is 2. The van der Waals surface area contributed by atoms with Crippen molar-refractivity contribution in [2.75, 3.05) is 0 Å². The van der Waals surface area contributed by atoms with Crippen LogP contribution in [0.25, 0.3) is 0 Å². The fourth-order valence-electron chi connectivity index (χ4n) is 0.843. The maximum atomic E-state index is 10.8.